The van der Waals surface area contributed by atoms with Crippen LogP contribution in [0.1, 0.15) is 46.8 Å². The second-order valence-electron chi connectivity index (χ2n) is 5.46. The molecule has 0 radical (unpaired) electrons. The number of hydrogen-bond acceptors (Lipinski definition) is 3. The van der Waals surface area contributed by atoms with Crippen molar-refractivity contribution >= 4 is 5.78 Å². The quantitative estimate of drug-likeness (QED) is 0.861. The summed E-state index contributed by atoms with van der Waals surface area (Å²) < 4.78 is 5.07. The maximum Gasteiger partial charge on any atom is 0.193 e. The van der Waals surface area contributed by atoms with Crippen molar-refractivity contribution in [3.63, 3.8) is 0 Å². The number of ketones is 1. The molecule has 2 aromatic rings. The highest BCUT2D eigenvalue weighted by atomic mass is 16.5. The van der Waals surface area contributed by atoms with Gasteiger partial charge in [0.15, 0.2) is 17.3 Å². The van der Waals surface area contributed by atoms with Crippen molar-refractivity contribution in [1.29, 1.82) is 0 Å². The highest BCUT2D eigenvalue weighted by Crippen LogP contribution is 2.29. The molecular weight excluding hydrogens is 264 g/mol. The molecule has 0 saturated heterocycles. The summed E-state index contributed by atoms with van der Waals surface area (Å²) in [6.45, 7) is 6.11. The predicted octanol–water partition coefficient (Wildman–Crippen LogP) is 4.06. The van der Waals surface area contributed by atoms with Crippen LogP contribution in [0, 0.1) is 6.92 Å². The molecule has 0 aliphatic heterocycles. The van der Waals surface area contributed by atoms with Crippen molar-refractivity contribution in [3.8, 4) is 11.5 Å². The molecule has 3 heteroatoms. The molecule has 2 rings (SSSR count). The molecule has 1 N–H and O–H groups in total. The van der Waals surface area contributed by atoms with Crippen LogP contribution >= 0.6 is 0 Å². The number of aryl methyl sites for hydroxylation is 1. The third kappa shape index (κ3) is 3.07. The van der Waals surface area contributed by atoms with Crippen LogP contribution in [0.15, 0.2) is 36.4 Å². The van der Waals surface area contributed by atoms with E-state index in [0.29, 0.717) is 16.9 Å². The van der Waals surface area contributed by atoms with Gasteiger partial charge in [-0.25, -0.2) is 0 Å². The van der Waals surface area contributed by atoms with Crippen molar-refractivity contribution in [2.45, 2.75) is 26.7 Å². The third-order valence-electron chi connectivity index (χ3n) is 3.52. The smallest absolute Gasteiger partial charge is 0.193 e. The lowest BCUT2D eigenvalue weighted by Gasteiger charge is -2.13. The molecule has 0 unspecified atom stereocenters. The van der Waals surface area contributed by atoms with Gasteiger partial charge in [0, 0.05) is 11.1 Å². The maximum atomic E-state index is 12.8. The van der Waals surface area contributed by atoms with Gasteiger partial charge in [-0.3, -0.25) is 4.79 Å². The predicted molar refractivity (Wildman–Crippen MR) is 83.4 cm³/mol. The van der Waals surface area contributed by atoms with Gasteiger partial charge in [-0.2, -0.15) is 0 Å². The molecule has 0 aliphatic rings. The van der Waals surface area contributed by atoms with Gasteiger partial charge < -0.3 is 9.84 Å². The van der Waals surface area contributed by atoms with Crippen LogP contribution in [0.5, 0.6) is 11.5 Å². The SMILES string of the molecule is COc1cc(C(=O)c2cc(C)ccc2C(C)C)ccc1O. The monoisotopic (exact) mass is 284 g/mol. The number of hydrogen-bond donors (Lipinski definition) is 1. The summed E-state index contributed by atoms with van der Waals surface area (Å²) in [6.07, 6.45) is 0. The second kappa shape index (κ2) is 6.00. The highest BCUT2D eigenvalue weighted by Gasteiger charge is 2.17. The van der Waals surface area contributed by atoms with Crippen LogP contribution in [0.2, 0.25) is 0 Å². The highest BCUT2D eigenvalue weighted by molar-refractivity contribution is 6.10. The number of aromatic hydroxyl groups is 1. The van der Waals surface area contributed by atoms with Gasteiger partial charge in [0.1, 0.15) is 0 Å². The van der Waals surface area contributed by atoms with Crippen LogP contribution < -0.4 is 4.74 Å². The van der Waals surface area contributed by atoms with Crippen LogP contribution in [-0.2, 0) is 0 Å². The Kier molecular flexibility index (Phi) is 4.32. The van der Waals surface area contributed by atoms with E-state index >= 15 is 0 Å². The fraction of sp³-hybridized carbons (Fsp3) is 0.278. The molecule has 2 aromatic carbocycles. The lowest BCUT2D eigenvalue weighted by Crippen LogP contribution is -2.07. The van der Waals surface area contributed by atoms with Gasteiger partial charge >= 0.3 is 0 Å². The van der Waals surface area contributed by atoms with E-state index in [9.17, 15) is 9.90 Å². The molecule has 0 heterocycles. The van der Waals surface area contributed by atoms with Crippen molar-refractivity contribution in [1.82, 2.24) is 0 Å². The Morgan fingerprint density at radius 2 is 1.86 bits per heavy atom. The van der Waals surface area contributed by atoms with Crippen molar-refractivity contribution in [2.75, 3.05) is 7.11 Å². The Balaban J connectivity index is 2.52. The zero-order chi connectivity index (χ0) is 15.6. The molecule has 0 saturated carbocycles. The standard InChI is InChI=1S/C18H20O3/c1-11(2)14-7-5-12(3)9-15(14)18(20)13-6-8-16(19)17(10-13)21-4/h5-11,19H,1-4H3. The van der Waals surface area contributed by atoms with Crippen LogP contribution in [0.25, 0.3) is 0 Å². The Labute approximate surface area is 125 Å². The lowest BCUT2D eigenvalue weighted by molar-refractivity contribution is 0.103. The Bertz CT molecular complexity index is 672. The lowest BCUT2D eigenvalue weighted by atomic mass is 9.91. The number of carbonyl (C=O) groups excluding carboxylic acids is 1. The maximum absolute atomic E-state index is 12.8. The van der Waals surface area contributed by atoms with Crippen molar-refractivity contribution in [3.05, 3.63) is 58.7 Å². The first kappa shape index (κ1) is 15.1. The number of rotatable bonds is 4. The first-order chi connectivity index (χ1) is 9.93. The van der Waals surface area contributed by atoms with E-state index in [2.05, 4.69) is 13.8 Å². The molecule has 21 heavy (non-hydrogen) atoms. The fourth-order valence-electron chi connectivity index (χ4n) is 2.34. The number of benzene rings is 2. The number of carbonyl (C=O) groups is 1. The summed E-state index contributed by atoms with van der Waals surface area (Å²) in [5.74, 6) is 0.547. The van der Waals surface area contributed by atoms with Gasteiger partial charge in [0.2, 0.25) is 0 Å². The van der Waals surface area contributed by atoms with Crippen LogP contribution in [0.3, 0.4) is 0 Å². The molecule has 0 aromatic heterocycles. The van der Waals surface area contributed by atoms with E-state index in [0.717, 1.165) is 11.1 Å². The van der Waals surface area contributed by atoms with Gasteiger partial charge in [-0.15, -0.1) is 0 Å². The van der Waals surface area contributed by atoms with E-state index in [1.165, 1.54) is 13.2 Å². The summed E-state index contributed by atoms with van der Waals surface area (Å²) in [7, 11) is 1.47. The molecular formula is C18H20O3. The molecule has 0 atom stereocenters. The normalized spacial score (nSPS) is 10.7. The second-order valence-corrected chi connectivity index (χ2v) is 5.46. The summed E-state index contributed by atoms with van der Waals surface area (Å²) in [6, 6.07) is 10.6. The summed E-state index contributed by atoms with van der Waals surface area (Å²) >= 11 is 0. The third-order valence-corrected chi connectivity index (χ3v) is 3.52. The van der Waals surface area contributed by atoms with Crippen molar-refractivity contribution < 1.29 is 14.6 Å². The first-order valence-corrected chi connectivity index (χ1v) is 6.96. The minimum Gasteiger partial charge on any atom is -0.504 e. The van der Waals surface area contributed by atoms with Crippen LogP contribution in [-0.4, -0.2) is 18.0 Å². The van der Waals surface area contributed by atoms with Gasteiger partial charge in [0.25, 0.3) is 0 Å². The largest absolute Gasteiger partial charge is 0.504 e. The van der Waals surface area contributed by atoms with E-state index in [1.54, 1.807) is 12.1 Å². The average Bonchev–Trinajstić information content (AvgIpc) is 2.46. The molecule has 3 nitrogen and oxygen atoms in total. The summed E-state index contributed by atoms with van der Waals surface area (Å²) in [5.41, 5.74) is 3.29. The van der Waals surface area contributed by atoms with E-state index in [4.69, 9.17) is 4.74 Å². The molecule has 0 bridgehead atoms. The Morgan fingerprint density at radius 3 is 2.48 bits per heavy atom. The summed E-state index contributed by atoms with van der Waals surface area (Å²) in [4.78, 5) is 12.8. The van der Waals surface area contributed by atoms with Gasteiger partial charge in [0.05, 0.1) is 7.11 Å². The van der Waals surface area contributed by atoms with E-state index in [-0.39, 0.29) is 17.5 Å². The molecule has 0 fully saturated rings. The Hall–Kier alpha value is -2.29. The molecule has 0 spiro atoms. The van der Waals surface area contributed by atoms with Crippen LogP contribution in [0.4, 0.5) is 0 Å². The number of phenolic OH excluding ortho intramolecular Hbond substituents is 1. The average molecular weight is 284 g/mol. The van der Waals surface area contributed by atoms with E-state index < -0.39 is 0 Å². The minimum atomic E-state index is -0.0549. The number of methoxy groups -OCH3 is 1. The number of phenols is 1. The zero-order valence-electron chi connectivity index (χ0n) is 12.8. The number of ether oxygens (including phenoxy) is 1. The van der Waals surface area contributed by atoms with Gasteiger partial charge in [-0.05, 0) is 42.7 Å². The van der Waals surface area contributed by atoms with Gasteiger partial charge in [-0.1, -0.05) is 31.5 Å². The zero-order valence-corrected chi connectivity index (χ0v) is 12.8. The van der Waals surface area contributed by atoms with E-state index in [1.807, 2.05) is 25.1 Å². The Morgan fingerprint density at radius 1 is 1.14 bits per heavy atom. The molecule has 110 valence electrons. The minimum absolute atomic E-state index is 0.0300. The first-order valence-electron chi connectivity index (χ1n) is 6.96. The van der Waals surface area contributed by atoms with Crippen molar-refractivity contribution in [2.24, 2.45) is 0 Å². The summed E-state index contributed by atoms with van der Waals surface area (Å²) in [5, 5.41) is 9.64. The topological polar surface area (TPSA) is 46.5 Å². The molecule has 0 amide bonds. The molecule has 0 aliphatic carbocycles. The fourth-order valence-corrected chi connectivity index (χ4v) is 2.34.